The second-order valence-corrected chi connectivity index (χ2v) is 2.95. The third-order valence-electron chi connectivity index (χ3n) is 2.03. The second-order valence-electron chi connectivity index (χ2n) is 2.95. The molecule has 2 rings (SSSR count). The Morgan fingerprint density at radius 3 is 2.87 bits per heavy atom. The van der Waals surface area contributed by atoms with Gasteiger partial charge in [0.05, 0.1) is 0 Å². The van der Waals surface area contributed by atoms with Crippen LogP contribution in [0.5, 0.6) is 0 Å². The quantitative estimate of drug-likeness (QED) is 0.814. The summed E-state index contributed by atoms with van der Waals surface area (Å²) in [6, 6.07) is 1.27. The number of halogens is 2. The van der Waals surface area contributed by atoms with Crippen molar-refractivity contribution in [1.29, 1.82) is 0 Å². The summed E-state index contributed by atoms with van der Waals surface area (Å²) < 4.78 is 14.5. The van der Waals surface area contributed by atoms with Crippen LogP contribution < -0.4 is 0 Å². The topological polar surface area (TPSA) is 54.6 Å². The van der Waals surface area contributed by atoms with E-state index in [0.29, 0.717) is 11.2 Å². The lowest BCUT2D eigenvalue weighted by atomic mass is 10.3. The fourth-order valence-corrected chi connectivity index (χ4v) is 1.27. The Balaban J connectivity index is 0.00000112. The highest BCUT2D eigenvalue weighted by molar-refractivity contribution is 5.86. The first-order valence-corrected chi connectivity index (χ1v) is 3.96. The maximum absolute atomic E-state index is 13.1. The van der Waals surface area contributed by atoms with Crippen LogP contribution in [0.4, 0.5) is 4.39 Å². The van der Waals surface area contributed by atoms with E-state index in [1.807, 2.05) is 0 Å². The highest BCUT2D eigenvalue weighted by atomic mass is 35.5. The number of pyridine rings is 1. The Hall–Kier alpha value is -1.62. The summed E-state index contributed by atoms with van der Waals surface area (Å²) in [6.45, 7) is 1.56. The van der Waals surface area contributed by atoms with Gasteiger partial charge in [0.15, 0.2) is 5.69 Å². The first-order chi connectivity index (χ1) is 6.59. The lowest BCUT2D eigenvalue weighted by Crippen LogP contribution is -1.95. The Morgan fingerprint density at radius 2 is 2.27 bits per heavy atom. The summed E-state index contributed by atoms with van der Waals surface area (Å²) in [5.74, 6) is -1.51. The zero-order chi connectivity index (χ0) is 10.3. The van der Waals surface area contributed by atoms with Crippen LogP contribution in [-0.4, -0.2) is 20.5 Å². The summed E-state index contributed by atoms with van der Waals surface area (Å²) in [5, 5.41) is 8.68. The smallest absolute Gasteiger partial charge is 0.356 e. The minimum Gasteiger partial charge on any atom is -0.476 e. The fourth-order valence-electron chi connectivity index (χ4n) is 1.27. The van der Waals surface area contributed by atoms with E-state index >= 15 is 0 Å². The molecule has 0 aliphatic heterocycles. The van der Waals surface area contributed by atoms with Crippen LogP contribution in [0.3, 0.4) is 0 Å². The molecule has 0 unspecified atom stereocenters. The largest absolute Gasteiger partial charge is 0.476 e. The van der Waals surface area contributed by atoms with Gasteiger partial charge in [-0.1, -0.05) is 0 Å². The monoisotopic (exact) mass is 230 g/mol. The van der Waals surface area contributed by atoms with Gasteiger partial charge in [-0.25, -0.2) is 14.2 Å². The van der Waals surface area contributed by atoms with Crippen molar-refractivity contribution in [3.05, 3.63) is 35.5 Å². The summed E-state index contributed by atoms with van der Waals surface area (Å²) in [7, 11) is 0. The molecule has 1 N–H and O–H groups in total. The number of carbonyl (C=O) groups is 1. The molecular formula is C9H8ClFN2O2. The maximum Gasteiger partial charge on any atom is 0.356 e. The molecule has 6 heteroatoms. The lowest BCUT2D eigenvalue weighted by molar-refractivity contribution is 0.0691. The Labute approximate surface area is 90.8 Å². The summed E-state index contributed by atoms with van der Waals surface area (Å²) in [4.78, 5) is 14.4. The number of carboxylic acids is 1. The van der Waals surface area contributed by atoms with Gasteiger partial charge >= 0.3 is 5.97 Å². The first kappa shape index (κ1) is 11.5. The fraction of sp³-hybridized carbons (Fsp3) is 0.111. The number of hydrogen-bond acceptors (Lipinski definition) is 2. The van der Waals surface area contributed by atoms with Gasteiger partial charge < -0.3 is 9.51 Å². The summed E-state index contributed by atoms with van der Waals surface area (Å²) in [6.07, 6.45) is 2.79. The zero-order valence-electron chi connectivity index (χ0n) is 7.77. The molecule has 0 atom stereocenters. The van der Waals surface area contributed by atoms with E-state index in [-0.39, 0.29) is 23.9 Å². The average molecular weight is 231 g/mol. The van der Waals surface area contributed by atoms with Crippen molar-refractivity contribution < 1.29 is 14.3 Å². The maximum atomic E-state index is 13.1. The molecule has 0 aliphatic carbocycles. The van der Waals surface area contributed by atoms with Gasteiger partial charge in [-0.05, 0) is 13.0 Å². The van der Waals surface area contributed by atoms with Crippen LogP contribution in [0.2, 0.25) is 0 Å². The second kappa shape index (κ2) is 3.86. The van der Waals surface area contributed by atoms with E-state index in [1.165, 1.54) is 22.9 Å². The number of rotatable bonds is 1. The summed E-state index contributed by atoms with van der Waals surface area (Å²) >= 11 is 0. The van der Waals surface area contributed by atoms with E-state index in [0.717, 1.165) is 0 Å². The van der Waals surface area contributed by atoms with E-state index in [9.17, 15) is 9.18 Å². The Bertz CT molecular complexity index is 524. The van der Waals surface area contributed by atoms with E-state index in [1.54, 1.807) is 6.92 Å². The van der Waals surface area contributed by atoms with E-state index < -0.39 is 5.97 Å². The van der Waals surface area contributed by atoms with Gasteiger partial charge in [-0.15, -0.1) is 12.4 Å². The van der Waals surface area contributed by atoms with E-state index in [4.69, 9.17) is 5.11 Å². The van der Waals surface area contributed by atoms with Gasteiger partial charge in [0, 0.05) is 18.0 Å². The zero-order valence-corrected chi connectivity index (χ0v) is 8.58. The van der Waals surface area contributed by atoms with Crippen LogP contribution >= 0.6 is 12.4 Å². The van der Waals surface area contributed by atoms with Crippen molar-refractivity contribution >= 4 is 24.0 Å². The van der Waals surface area contributed by atoms with Crippen molar-refractivity contribution in [2.75, 3.05) is 0 Å². The number of nitrogens with zero attached hydrogens (tertiary/aromatic N) is 2. The number of imidazole rings is 1. The molecule has 0 saturated heterocycles. The molecule has 2 heterocycles. The molecule has 2 aromatic heterocycles. The Morgan fingerprint density at radius 1 is 1.60 bits per heavy atom. The molecule has 0 fully saturated rings. The molecule has 0 bridgehead atoms. The molecule has 0 aliphatic rings. The highest BCUT2D eigenvalue weighted by Gasteiger charge is 2.11. The molecule has 0 radical (unpaired) electrons. The predicted octanol–water partition coefficient (Wildman–Crippen LogP) is 1.90. The van der Waals surface area contributed by atoms with Crippen molar-refractivity contribution in [1.82, 2.24) is 9.38 Å². The van der Waals surface area contributed by atoms with Crippen molar-refractivity contribution in [2.24, 2.45) is 0 Å². The molecule has 80 valence electrons. The van der Waals surface area contributed by atoms with Crippen LogP contribution in [0.25, 0.3) is 5.65 Å². The van der Waals surface area contributed by atoms with Gasteiger partial charge in [0.1, 0.15) is 11.5 Å². The molecule has 15 heavy (non-hydrogen) atoms. The first-order valence-electron chi connectivity index (χ1n) is 3.96. The van der Waals surface area contributed by atoms with Gasteiger partial charge in [0.25, 0.3) is 0 Å². The molecule has 2 aromatic rings. The third kappa shape index (κ3) is 1.78. The molecule has 0 aromatic carbocycles. The van der Waals surface area contributed by atoms with Crippen molar-refractivity contribution in [3.63, 3.8) is 0 Å². The number of aromatic nitrogens is 2. The molecule has 0 saturated carbocycles. The standard InChI is InChI=1S/C9H7FN2O2.ClH/c1-5-6(10)2-3-12-4-7(9(13)14)11-8(5)12;/h2-4H,1H3,(H,13,14);1H. The van der Waals surface area contributed by atoms with E-state index in [2.05, 4.69) is 4.98 Å². The lowest BCUT2D eigenvalue weighted by Gasteiger charge is -1.97. The van der Waals surface area contributed by atoms with Crippen LogP contribution in [0.1, 0.15) is 16.1 Å². The van der Waals surface area contributed by atoms with Crippen molar-refractivity contribution in [2.45, 2.75) is 6.92 Å². The number of hydrogen-bond donors (Lipinski definition) is 1. The third-order valence-corrected chi connectivity index (χ3v) is 2.03. The summed E-state index contributed by atoms with van der Waals surface area (Å²) in [5.41, 5.74) is 0.598. The number of fused-ring (bicyclic) bond motifs is 1. The minimum absolute atomic E-state index is 0. The number of aryl methyl sites for hydroxylation is 1. The normalized spacial score (nSPS) is 10.0. The van der Waals surface area contributed by atoms with Gasteiger partial charge in [-0.2, -0.15) is 0 Å². The number of carboxylic acid groups (broad SMARTS) is 1. The highest BCUT2D eigenvalue weighted by Crippen LogP contribution is 2.13. The predicted molar refractivity (Wildman–Crippen MR) is 54.1 cm³/mol. The molecule has 0 amide bonds. The minimum atomic E-state index is -1.12. The van der Waals surface area contributed by atoms with Crippen LogP contribution in [0, 0.1) is 12.7 Å². The average Bonchev–Trinajstić information content (AvgIpc) is 2.56. The van der Waals surface area contributed by atoms with Crippen LogP contribution in [-0.2, 0) is 0 Å². The SMILES string of the molecule is Cc1c(F)ccn2cc(C(=O)O)nc12.Cl. The van der Waals surface area contributed by atoms with Crippen molar-refractivity contribution in [3.8, 4) is 0 Å². The molecular weight excluding hydrogens is 223 g/mol. The molecule has 0 spiro atoms. The van der Waals surface area contributed by atoms with Crippen LogP contribution in [0.15, 0.2) is 18.5 Å². The van der Waals surface area contributed by atoms with Gasteiger partial charge in [-0.3, -0.25) is 0 Å². The Kier molecular flexibility index (Phi) is 2.95. The number of aromatic carboxylic acids is 1. The van der Waals surface area contributed by atoms with Gasteiger partial charge in [0.2, 0.25) is 0 Å². The molecule has 4 nitrogen and oxygen atoms in total.